The van der Waals surface area contributed by atoms with Crippen molar-refractivity contribution in [2.24, 2.45) is 0 Å². The first-order valence-corrected chi connectivity index (χ1v) is 7.20. The highest BCUT2D eigenvalue weighted by Crippen LogP contribution is 2.21. The van der Waals surface area contributed by atoms with E-state index in [0.717, 1.165) is 6.07 Å². The molecule has 0 aliphatic carbocycles. The van der Waals surface area contributed by atoms with Crippen LogP contribution in [-0.4, -0.2) is 27.6 Å². The van der Waals surface area contributed by atoms with Crippen LogP contribution in [0.3, 0.4) is 0 Å². The Labute approximate surface area is 135 Å². The van der Waals surface area contributed by atoms with E-state index in [4.69, 9.17) is 16.7 Å². The molecule has 0 radical (unpaired) electrons. The first-order valence-electron chi connectivity index (χ1n) is 6.82. The summed E-state index contributed by atoms with van der Waals surface area (Å²) in [7, 11) is 0. The third-order valence-corrected chi connectivity index (χ3v) is 3.72. The van der Waals surface area contributed by atoms with E-state index in [-0.39, 0.29) is 16.0 Å². The van der Waals surface area contributed by atoms with Gasteiger partial charge in [-0.1, -0.05) is 11.6 Å². The lowest BCUT2D eigenvalue weighted by atomic mass is 10.1. The van der Waals surface area contributed by atoms with Gasteiger partial charge in [0.05, 0.1) is 10.5 Å². The van der Waals surface area contributed by atoms with Crippen LogP contribution in [0.5, 0.6) is 0 Å². The smallest absolute Gasteiger partial charge is 0.325 e. The molecule has 8 heteroatoms. The summed E-state index contributed by atoms with van der Waals surface area (Å²) >= 11 is 5.74. The Balaban J connectivity index is 2.64. The number of rotatable bonds is 4. The number of carboxylic acid groups (broad SMARTS) is 1. The Morgan fingerprint density at radius 1 is 1.43 bits per heavy atom. The second kappa shape index (κ2) is 6.37. The van der Waals surface area contributed by atoms with Gasteiger partial charge in [-0.3, -0.25) is 14.4 Å². The number of hydrogen-bond acceptors (Lipinski definition) is 3. The van der Waals surface area contributed by atoms with Crippen LogP contribution in [0.2, 0.25) is 5.02 Å². The Morgan fingerprint density at radius 3 is 2.65 bits per heavy atom. The van der Waals surface area contributed by atoms with Gasteiger partial charge in [-0.15, -0.1) is 0 Å². The summed E-state index contributed by atoms with van der Waals surface area (Å²) in [5.41, 5.74) is -0.545. The number of fused-ring (bicyclic) bond motifs is 1. The van der Waals surface area contributed by atoms with Crippen LogP contribution in [0.25, 0.3) is 10.9 Å². The third kappa shape index (κ3) is 3.19. The molecule has 2 rings (SSSR count). The molecule has 0 spiro atoms. The zero-order valence-corrected chi connectivity index (χ0v) is 13.1. The molecule has 0 saturated carbocycles. The van der Waals surface area contributed by atoms with Crippen LogP contribution in [0.4, 0.5) is 4.39 Å². The van der Waals surface area contributed by atoms with E-state index < -0.39 is 29.2 Å². The fourth-order valence-corrected chi connectivity index (χ4v) is 2.30. The standard InChI is InChI=1S/C15H14ClFN2O4/c1-3-19-6-9(14(21)18-7(2)15(22)23)13(20)8-4-11(17)10(16)5-12(8)19/h4-7H,3H2,1-2H3,(H,18,21)(H,22,23)/t7-/m0/s1. The maximum Gasteiger partial charge on any atom is 0.325 e. The van der Waals surface area contributed by atoms with Gasteiger partial charge in [0.1, 0.15) is 17.4 Å². The number of carboxylic acids is 1. The minimum atomic E-state index is -1.23. The summed E-state index contributed by atoms with van der Waals surface area (Å²) in [5.74, 6) is -2.83. The van der Waals surface area contributed by atoms with Crippen LogP contribution in [-0.2, 0) is 11.3 Å². The average molecular weight is 341 g/mol. The molecule has 6 nitrogen and oxygen atoms in total. The normalized spacial score (nSPS) is 12.2. The minimum absolute atomic E-state index is 0.00405. The lowest BCUT2D eigenvalue weighted by Gasteiger charge is -2.13. The molecule has 0 bridgehead atoms. The van der Waals surface area contributed by atoms with Gasteiger partial charge in [0.2, 0.25) is 5.43 Å². The summed E-state index contributed by atoms with van der Waals surface area (Å²) in [4.78, 5) is 35.4. The topological polar surface area (TPSA) is 88.4 Å². The predicted molar refractivity (Wildman–Crippen MR) is 83.4 cm³/mol. The summed E-state index contributed by atoms with van der Waals surface area (Å²) in [6, 6.07) is 1.14. The monoisotopic (exact) mass is 340 g/mol. The molecule has 0 unspecified atom stereocenters. The molecule has 1 amide bonds. The van der Waals surface area contributed by atoms with Crippen LogP contribution < -0.4 is 10.7 Å². The Morgan fingerprint density at radius 2 is 2.09 bits per heavy atom. The molecule has 1 atom stereocenters. The average Bonchev–Trinajstić information content (AvgIpc) is 2.49. The number of amides is 1. The van der Waals surface area contributed by atoms with Crippen molar-refractivity contribution in [2.45, 2.75) is 26.4 Å². The Kier molecular flexibility index (Phi) is 4.70. The van der Waals surface area contributed by atoms with Crippen LogP contribution in [0, 0.1) is 5.82 Å². The van der Waals surface area contributed by atoms with Crippen molar-refractivity contribution in [3.05, 3.63) is 45.0 Å². The van der Waals surface area contributed by atoms with Crippen LogP contribution in [0.1, 0.15) is 24.2 Å². The highest BCUT2D eigenvalue weighted by Gasteiger charge is 2.20. The third-order valence-electron chi connectivity index (χ3n) is 3.43. The second-order valence-electron chi connectivity index (χ2n) is 4.97. The lowest BCUT2D eigenvalue weighted by molar-refractivity contribution is -0.138. The SMILES string of the molecule is CCn1cc(C(=O)N[C@@H](C)C(=O)O)c(=O)c2cc(F)c(Cl)cc21. The first-order chi connectivity index (χ1) is 10.8. The van der Waals surface area contributed by atoms with Gasteiger partial charge >= 0.3 is 5.97 Å². The predicted octanol–water partition coefficient (Wildman–Crippen LogP) is 2.02. The van der Waals surface area contributed by atoms with Gasteiger partial charge < -0.3 is 15.0 Å². The second-order valence-corrected chi connectivity index (χ2v) is 5.38. The van der Waals surface area contributed by atoms with Gasteiger partial charge in [0, 0.05) is 18.1 Å². The molecule has 1 aromatic carbocycles. The summed E-state index contributed by atoms with van der Waals surface area (Å²) in [5, 5.41) is 10.9. The molecule has 1 aromatic heterocycles. The zero-order chi connectivity index (χ0) is 17.3. The number of halogens is 2. The van der Waals surface area contributed by atoms with Crippen molar-refractivity contribution >= 4 is 34.4 Å². The molecule has 0 aliphatic heterocycles. The zero-order valence-electron chi connectivity index (χ0n) is 12.4. The molecule has 0 aliphatic rings. The van der Waals surface area contributed by atoms with Crippen molar-refractivity contribution in [1.82, 2.24) is 9.88 Å². The first kappa shape index (κ1) is 17.0. The minimum Gasteiger partial charge on any atom is -0.480 e. The number of aromatic nitrogens is 1. The van der Waals surface area contributed by atoms with E-state index in [1.165, 1.54) is 19.2 Å². The highest BCUT2D eigenvalue weighted by molar-refractivity contribution is 6.31. The molecule has 122 valence electrons. The number of nitrogens with one attached hydrogen (secondary N) is 1. The molecule has 23 heavy (non-hydrogen) atoms. The van der Waals surface area contributed by atoms with E-state index in [2.05, 4.69) is 5.32 Å². The number of aliphatic carboxylic acids is 1. The van der Waals surface area contributed by atoms with Gasteiger partial charge in [0.15, 0.2) is 0 Å². The van der Waals surface area contributed by atoms with Gasteiger partial charge in [0.25, 0.3) is 5.91 Å². The number of hydrogen-bond donors (Lipinski definition) is 2. The molecule has 1 heterocycles. The van der Waals surface area contributed by atoms with E-state index in [0.29, 0.717) is 12.1 Å². The maximum absolute atomic E-state index is 13.7. The number of carbonyl (C=O) groups is 2. The van der Waals surface area contributed by atoms with Gasteiger partial charge in [-0.25, -0.2) is 4.39 Å². The van der Waals surface area contributed by atoms with Crippen molar-refractivity contribution < 1.29 is 19.1 Å². The number of pyridine rings is 1. The van der Waals surface area contributed by atoms with Crippen molar-refractivity contribution in [2.75, 3.05) is 0 Å². The fraction of sp³-hybridized carbons (Fsp3) is 0.267. The van der Waals surface area contributed by atoms with Crippen LogP contribution in [0.15, 0.2) is 23.1 Å². The molecule has 0 fully saturated rings. The number of nitrogens with zero attached hydrogens (tertiary/aromatic N) is 1. The van der Waals surface area contributed by atoms with Gasteiger partial charge in [-0.05, 0) is 26.0 Å². The number of aryl methyl sites for hydroxylation is 1. The van der Waals surface area contributed by atoms with E-state index in [1.807, 2.05) is 0 Å². The lowest BCUT2D eigenvalue weighted by Crippen LogP contribution is -2.40. The Bertz CT molecular complexity index is 863. The van der Waals surface area contributed by atoms with Crippen LogP contribution >= 0.6 is 11.6 Å². The summed E-state index contributed by atoms with van der Waals surface area (Å²) < 4.78 is 15.2. The highest BCUT2D eigenvalue weighted by atomic mass is 35.5. The number of carbonyl (C=O) groups excluding carboxylic acids is 1. The van der Waals surface area contributed by atoms with Crippen molar-refractivity contribution in [3.63, 3.8) is 0 Å². The quantitative estimate of drug-likeness (QED) is 0.891. The Hall–Kier alpha value is -2.41. The largest absolute Gasteiger partial charge is 0.480 e. The maximum atomic E-state index is 13.7. The fourth-order valence-electron chi connectivity index (χ4n) is 2.14. The number of benzene rings is 1. The molecular formula is C15H14ClFN2O4. The van der Waals surface area contributed by atoms with Gasteiger partial charge in [-0.2, -0.15) is 0 Å². The molecule has 0 saturated heterocycles. The molecular weight excluding hydrogens is 327 g/mol. The van der Waals surface area contributed by atoms with E-state index in [9.17, 15) is 18.8 Å². The molecule has 2 aromatic rings. The van der Waals surface area contributed by atoms with Crippen molar-refractivity contribution in [1.29, 1.82) is 0 Å². The summed E-state index contributed by atoms with van der Waals surface area (Å²) in [6.07, 6.45) is 1.31. The summed E-state index contributed by atoms with van der Waals surface area (Å²) in [6.45, 7) is 3.47. The van der Waals surface area contributed by atoms with Crippen molar-refractivity contribution in [3.8, 4) is 0 Å². The van der Waals surface area contributed by atoms with E-state index >= 15 is 0 Å². The molecule has 2 N–H and O–H groups in total. The van der Waals surface area contributed by atoms with E-state index in [1.54, 1.807) is 11.5 Å².